The van der Waals surface area contributed by atoms with Crippen LogP contribution in [0, 0.1) is 28.1 Å². The van der Waals surface area contributed by atoms with E-state index in [9.17, 15) is 0 Å². The summed E-state index contributed by atoms with van der Waals surface area (Å²) in [6.07, 6.45) is 0.922. The molecule has 0 amide bonds. The molecule has 0 aliphatic carbocycles. The van der Waals surface area contributed by atoms with Crippen LogP contribution in [-0.2, 0) is 0 Å². The molecule has 0 saturated carbocycles. The summed E-state index contributed by atoms with van der Waals surface area (Å²) in [6.45, 7) is 0. The van der Waals surface area contributed by atoms with E-state index in [4.69, 9.17) is 33.3 Å². The van der Waals surface area contributed by atoms with Crippen LogP contribution in [0.25, 0.3) is 0 Å². The van der Waals surface area contributed by atoms with Gasteiger partial charge in [-0.3, -0.25) is 5.41 Å². The Morgan fingerprint density at radius 1 is 1.22 bits per heavy atom. The van der Waals surface area contributed by atoms with Crippen LogP contribution in [0.5, 0.6) is 0 Å². The smallest absolute Gasteiger partial charge is 0.160 e. The van der Waals surface area contributed by atoms with E-state index in [1.54, 1.807) is 0 Å². The first kappa shape index (κ1) is 25.8. The van der Waals surface area contributed by atoms with Gasteiger partial charge < -0.3 is 17.2 Å². The molecule has 6 nitrogen and oxygen atoms in total. The number of rotatable bonds is 3. The zero-order valence-electron chi connectivity index (χ0n) is 9.56. The van der Waals surface area contributed by atoms with Crippen molar-refractivity contribution in [2.24, 2.45) is 17.2 Å². The number of hydrogen-bond acceptors (Lipinski definition) is 5. The zero-order valence-corrected chi connectivity index (χ0v) is 12.8. The number of nitrogens with zero attached hydrogens (tertiary/aromatic N) is 2. The van der Waals surface area contributed by atoms with E-state index in [0.717, 1.165) is 0 Å². The Balaban J connectivity index is -0.0000000855. The fourth-order valence-corrected chi connectivity index (χ4v) is 0.747. The van der Waals surface area contributed by atoms with Crippen LogP contribution in [0.2, 0.25) is 0 Å². The summed E-state index contributed by atoms with van der Waals surface area (Å²) in [7, 11) is 0. The largest absolute Gasteiger partial charge is 0.379 e. The summed E-state index contributed by atoms with van der Waals surface area (Å²) in [6, 6.07) is 3.84. The van der Waals surface area contributed by atoms with Crippen LogP contribution < -0.4 is 17.2 Å². The average molecular weight is 331 g/mol. The third-order valence-corrected chi connectivity index (χ3v) is 1.59. The lowest BCUT2D eigenvalue weighted by Crippen LogP contribution is -2.18. The van der Waals surface area contributed by atoms with E-state index in [0.29, 0.717) is 24.5 Å². The molecule has 0 aromatic rings. The average Bonchev–Trinajstić information content (AvgIpc) is 2.19. The fraction of sp³-hybridized carbons (Fsp3) is 0.500. The first-order valence-corrected chi connectivity index (χ1v) is 6.16. The molecule has 0 spiro atoms. The maximum atomic E-state index is 8.00. The molecule has 0 aliphatic rings. The molecule has 18 heavy (non-hydrogen) atoms. The third-order valence-electron chi connectivity index (χ3n) is 0.678. The van der Waals surface area contributed by atoms with Crippen molar-refractivity contribution >= 4 is 58.3 Å². The van der Waals surface area contributed by atoms with E-state index < -0.39 is 0 Å². The molecule has 0 unspecified atom stereocenters. The lowest BCUT2D eigenvalue weighted by molar-refractivity contribution is 1.23. The van der Waals surface area contributed by atoms with E-state index >= 15 is 0 Å². The second kappa shape index (κ2) is 25.1. The van der Waals surface area contributed by atoms with Crippen molar-refractivity contribution in [3.05, 3.63) is 0 Å². The van der Waals surface area contributed by atoms with Gasteiger partial charge in [-0.05, 0) is 12.2 Å². The normalized spacial score (nSPS) is 6.61. The Morgan fingerprint density at radius 2 is 1.61 bits per heavy atom. The maximum Gasteiger partial charge on any atom is 0.160 e. The molecule has 0 heterocycles. The Kier molecular flexibility index (Phi) is 35.9. The van der Waals surface area contributed by atoms with Gasteiger partial charge in [0.15, 0.2) is 10.3 Å². The van der Waals surface area contributed by atoms with Gasteiger partial charge >= 0.3 is 0 Å². The van der Waals surface area contributed by atoms with E-state index in [1.807, 2.05) is 12.1 Å². The van der Waals surface area contributed by atoms with Gasteiger partial charge in [-0.1, -0.05) is 11.8 Å². The Hall–Kier alpha value is -0.930. The van der Waals surface area contributed by atoms with Crippen LogP contribution in [0.1, 0.15) is 12.8 Å². The molecule has 0 bridgehead atoms. The highest BCUT2D eigenvalue weighted by Gasteiger charge is 1.87. The van der Waals surface area contributed by atoms with Crippen LogP contribution in [-0.4, -0.2) is 21.9 Å². The number of amidine groups is 1. The Labute approximate surface area is 128 Å². The Morgan fingerprint density at radius 3 is 1.78 bits per heavy atom. The van der Waals surface area contributed by atoms with Gasteiger partial charge in [0.2, 0.25) is 0 Å². The van der Waals surface area contributed by atoms with Crippen molar-refractivity contribution < 1.29 is 0 Å². The number of nitrogens with one attached hydrogen (secondary N) is 1. The molecular weight excluding hydrogens is 315 g/mol. The van der Waals surface area contributed by atoms with E-state index in [1.165, 1.54) is 11.8 Å². The number of alkyl halides is 1. The van der Waals surface area contributed by atoms with Gasteiger partial charge in [-0.15, -0.1) is 24.0 Å². The molecule has 0 radical (unpaired) electrons. The summed E-state index contributed by atoms with van der Waals surface area (Å²) in [5.74, 6) is 1.09. The van der Waals surface area contributed by atoms with Crippen LogP contribution >= 0.6 is 48.0 Å². The number of halogens is 2. The second-order valence-corrected chi connectivity index (χ2v) is 4.11. The zero-order chi connectivity index (χ0) is 14.1. The summed E-state index contributed by atoms with van der Waals surface area (Å²) >= 11 is 10.4. The van der Waals surface area contributed by atoms with Gasteiger partial charge in [0.1, 0.15) is 0 Å². The number of nitriles is 2. The lowest BCUT2D eigenvalue weighted by atomic mass is 10.6. The highest BCUT2D eigenvalue weighted by molar-refractivity contribution is 8.13. The lowest BCUT2D eigenvalue weighted by Gasteiger charge is -1.89. The minimum absolute atomic E-state index is 0. The maximum absolute atomic E-state index is 8.00. The van der Waals surface area contributed by atoms with Crippen molar-refractivity contribution in [3.8, 4) is 12.1 Å². The highest BCUT2D eigenvalue weighted by Crippen LogP contribution is 1.98. The number of nitrogens with two attached hydrogens (primary N) is 3. The number of hydrogen-bond donors (Lipinski definition) is 4. The molecule has 0 atom stereocenters. The van der Waals surface area contributed by atoms with Crippen molar-refractivity contribution in [2.75, 3.05) is 11.6 Å². The monoisotopic (exact) mass is 330 g/mol. The van der Waals surface area contributed by atoms with Crippen molar-refractivity contribution in [2.45, 2.75) is 12.8 Å². The molecule has 0 aromatic carbocycles. The molecule has 0 saturated heterocycles. The first-order chi connectivity index (χ1) is 7.92. The van der Waals surface area contributed by atoms with Crippen LogP contribution in [0.4, 0.5) is 0 Å². The summed E-state index contributed by atoms with van der Waals surface area (Å²) in [5, 5.41) is 22.5. The summed E-state index contributed by atoms with van der Waals surface area (Å²) < 4.78 is 0. The predicted molar refractivity (Wildman–Crippen MR) is 83.8 cm³/mol. The minimum Gasteiger partial charge on any atom is -0.379 e. The molecule has 10 heteroatoms. The van der Waals surface area contributed by atoms with Crippen molar-refractivity contribution in [3.63, 3.8) is 0 Å². The van der Waals surface area contributed by atoms with Gasteiger partial charge in [0.05, 0.1) is 12.1 Å². The molecule has 0 fully saturated rings. The molecule has 0 aromatic heterocycles. The highest BCUT2D eigenvalue weighted by atomic mass is 35.5. The third kappa shape index (κ3) is 81.0. The summed E-state index contributed by atoms with van der Waals surface area (Å²) in [4.78, 5) is 0. The standard InChI is InChI=1S/C4H7N3S.C3H4ClN.CH4N2S.ClH/c5-2-1-3-8-4(6)7;4-2-1-3-5;2-1(3)4;/h1,3H2,(H3,6,7);1-2H2;(H4,2,3,4);1H. The van der Waals surface area contributed by atoms with Gasteiger partial charge in [-0.2, -0.15) is 10.5 Å². The topological polar surface area (TPSA) is 149 Å². The number of thioether (sulfide) groups is 1. The van der Waals surface area contributed by atoms with E-state index in [2.05, 4.69) is 23.7 Å². The minimum atomic E-state index is 0. The quantitative estimate of drug-likeness (QED) is 0.200. The van der Waals surface area contributed by atoms with Crippen molar-refractivity contribution in [1.29, 1.82) is 15.9 Å². The molecule has 104 valence electrons. The second-order valence-electron chi connectivity index (χ2n) is 2.12. The van der Waals surface area contributed by atoms with Gasteiger partial charge in [0.25, 0.3) is 0 Å². The Bertz CT molecular complexity index is 282. The first-order valence-electron chi connectivity index (χ1n) is 4.23. The molecule has 0 aliphatic heterocycles. The van der Waals surface area contributed by atoms with Gasteiger partial charge in [0, 0.05) is 24.5 Å². The van der Waals surface area contributed by atoms with Crippen molar-refractivity contribution in [1.82, 2.24) is 0 Å². The summed E-state index contributed by atoms with van der Waals surface area (Å²) in [5.41, 5.74) is 14.2. The number of thiocarbonyl (C=S) groups is 1. The molecule has 7 N–H and O–H groups in total. The fourth-order valence-electron chi connectivity index (χ4n) is 0.249. The molecule has 0 rings (SSSR count). The van der Waals surface area contributed by atoms with E-state index in [-0.39, 0.29) is 22.7 Å². The predicted octanol–water partition coefficient (Wildman–Crippen LogP) is 1.28. The molecular formula is C8H16Cl2N6S2. The van der Waals surface area contributed by atoms with Gasteiger partial charge in [-0.25, -0.2) is 0 Å². The van der Waals surface area contributed by atoms with Crippen LogP contribution in [0.15, 0.2) is 0 Å². The SMILES string of the molecule is Cl.N#CCCCl.N#CCCSC(=N)N.NC(N)=S. The van der Waals surface area contributed by atoms with Crippen LogP contribution in [0.3, 0.4) is 0 Å².